The quantitative estimate of drug-likeness (QED) is 0.918. The van der Waals surface area contributed by atoms with Gasteiger partial charge in [0.05, 0.1) is 11.3 Å². The van der Waals surface area contributed by atoms with E-state index in [2.05, 4.69) is 21.2 Å². The van der Waals surface area contributed by atoms with Crippen LogP contribution in [0.1, 0.15) is 11.1 Å². The Balaban J connectivity index is 2.20. The highest BCUT2D eigenvalue weighted by atomic mass is 79.9. The standard InChI is InChI=1S/C14H9BrF2N2/c15-11-4-5-13(10(6-11)7-18)19-8-9-2-1-3-12(16)14(9)17/h1-6,19H,8H2. The van der Waals surface area contributed by atoms with Crippen LogP contribution in [0.2, 0.25) is 0 Å². The van der Waals surface area contributed by atoms with Gasteiger partial charge in [0.1, 0.15) is 6.07 Å². The first-order valence-corrected chi connectivity index (χ1v) is 6.27. The van der Waals surface area contributed by atoms with E-state index in [1.165, 1.54) is 12.1 Å². The van der Waals surface area contributed by atoms with Gasteiger partial charge in [-0.15, -0.1) is 0 Å². The van der Waals surface area contributed by atoms with Crippen LogP contribution >= 0.6 is 15.9 Å². The minimum atomic E-state index is -0.879. The molecular formula is C14H9BrF2N2. The molecule has 0 aliphatic carbocycles. The lowest BCUT2D eigenvalue weighted by Crippen LogP contribution is -2.04. The Morgan fingerprint density at radius 1 is 1.21 bits per heavy atom. The van der Waals surface area contributed by atoms with E-state index < -0.39 is 11.6 Å². The topological polar surface area (TPSA) is 35.8 Å². The fourth-order valence-electron chi connectivity index (χ4n) is 1.64. The molecule has 0 aliphatic heterocycles. The summed E-state index contributed by atoms with van der Waals surface area (Å²) in [6.07, 6.45) is 0. The molecule has 0 amide bonds. The Bertz CT molecular complexity index is 650. The van der Waals surface area contributed by atoms with Gasteiger partial charge in [-0.2, -0.15) is 5.26 Å². The molecule has 0 fully saturated rings. The SMILES string of the molecule is N#Cc1cc(Br)ccc1NCc1cccc(F)c1F. The van der Waals surface area contributed by atoms with Crippen LogP contribution < -0.4 is 5.32 Å². The highest BCUT2D eigenvalue weighted by Gasteiger charge is 2.08. The maximum Gasteiger partial charge on any atom is 0.163 e. The lowest BCUT2D eigenvalue weighted by molar-refractivity contribution is 0.500. The second-order valence-corrected chi connectivity index (χ2v) is 4.78. The van der Waals surface area contributed by atoms with Crippen LogP contribution in [0.25, 0.3) is 0 Å². The summed E-state index contributed by atoms with van der Waals surface area (Å²) in [6.45, 7) is 0.111. The van der Waals surface area contributed by atoms with E-state index in [0.29, 0.717) is 11.3 Å². The van der Waals surface area contributed by atoms with Crippen molar-refractivity contribution in [1.82, 2.24) is 0 Å². The Morgan fingerprint density at radius 3 is 2.74 bits per heavy atom. The summed E-state index contributed by atoms with van der Waals surface area (Å²) in [5.74, 6) is -1.75. The van der Waals surface area contributed by atoms with Crippen LogP contribution in [0.3, 0.4) is 0 Å². The minimum absolute atomic E-state index is 0.111. The highest BCUT2D eigenvalue weighted by Crippen LogP contribution is 2.21. The third-order valence-corrected chi connectivity index (χ3v) is 3.10. The van der Waals surface area contributed by atoms with Crippen LogP contribution in [0.15, 0.2) is 40.9 Å². The predicted molar refractivity (Wildman–Crippen MR) is 72.5 cm³/mol. The zero-order valence-corrected chi connectivity index (χ0v) is 11.3. The molecule has 0 unspecified atom stereocenters. The number of rotatable bonds is 3. The number of halogens is 3. The second-order valence-electron chi connectivity index (χ2n) is 3.87. The molecule has 0 bridgehead atoms. The van der Waals surface area contributed by atoms with Crippen molar-refractivity contribution in [2.45, 2.75) is 6.54 Å². The van der Waals surface area contributed by atoms with Crippen molar-refractivity contribution in [3.05, 3.63) is 63.6 Å². The summed E-state index contributed by atoms with van der Waals surface area (Å²) in [5.41, 5.74) is 1.23. The summed E-state index contributed by atoms with van der Waals surface area (Å²) in [7, 11) is 0. The number of nitrogens with zero attached hydrogens (tertiary/aromatic N) is 1. The molecule has 2 nitrogen and oxygen atoms in total. The van der Waals surface area contributed by atoms with E-state index in [0.717, 1.165) is 10.5 Å². The number of hydrogen-bond donors (Lipinski definition) is 1. The summed E-state index contributed by atoms with van der Waals surface area (Å²) in [4.78, 5) is 0. The van der Waals surface area contributed by atoms with Crippen LogP contribution in [-0.4, -0.2) is 0 Å². The predicted octanol–water partition coefficient (Wildman–Crippen LogP) is 4.21. The Hall–Kier alpha value is -1.93. The summed E-state index contributed by atoms with van der Waals surface area (Å²) < 4.78 is 27.3. The summed E-state index contributed by atoms with van der Waals surface area (Å²) in [6, 6.07) is 11.2. The Labute approximate surface area is 117 Å². The first kappa shape index (κ1) is 13.5. The number of anilines is 1. The molecule has 19 heavy (non-hydrogen) atoms. The van der Waals surface area contributed by atoms with Gasteiger partial charge in [0.2, 0.25) is 0 Å². The molecule has 0 saturated heterocycles. The van der Waals surface area contributed by atoms with E-state index in [4.69, 9.17) is 5.26 Å². The van der Waals surface area contributed by atoms with Crippen molar-refractivity contribution >= 4 is 21.6 Å². The highest BCUT2D eigenvalue weighted by molar-refractivity contribution is 9.10. The fourth-order valence-corrected chi connectivity index (χ4v) is 2.00. The van der Waals surface area contributed by atoms with Gasteiger partial charge in [-0.25, -0.2) is 8.78 Å². The van der Waals surface area contributed by atoms with Gasteiger partial charge in [0.25, 0.3) is 0 Å². The molecule has 0 aliphatic rings. The molecular weight excluding hydrogens is 314 g/mol. The molecule has 0 atom stereocenters. The van der Waals surface area contributed by atoms with Gasteiger partial charge in [-0.1, -0.05) is 28.1 Å². The van der Waals surface area contributed by atoms with Crippen molar-refractivity contribution in [1.29, 1.82) is 5.26 Å². The van der Waals surface area contributed by atoms with Crippen molar-refractivity contribution < 1.29 is 8.78 Å². The van der Waals surface area contributed by atoms with Crippen LogP contribution in [0.5, 0.6) is 0 Å². The second kappa shape index (κ2) is 5.81. The van der Waals surface area contributed by atoms with Gasteiger partial charge in [-0.3, -0.25) is 0 Å². The first-order chi connectivity index (χ1) is 9.11. The van der Waals surface area contributed by atoms with Crippen LogP contribution in [-0.2, 0) is 6.54 Å². The third kappa shape index (κ3) is 3.09. The lowest BCUT2D eigenvalue weighted by atomic mass is 10.1. The fraction of sp³-hybridized carbons (Fsp3) is 0.0714. The van der Waals surface area contributed by atoms with Gasteiger partial charge >= 0.3 is 0 Å². The molecule has 5 heteroatoms. The average molecular weight is 323 g/mol. The third-order valence-electron chi connectivity index (χ3n) is 2.60. The minimum Gasteiger partial charge on any atom is -0.380 e. The molecule has 2 rings (SSSR count). The largest absolute Gasteiger partial charge is 0.380 e. The average Bonchev–Trinajstić information content (AvgIpc) is 2.41. The Morgan fingerprint density at radius 2 is 2.00 bits per heavy atom. The van der Waals surface area contributed by atoms with Crippen molar-refractivity contribution in [3.8, 4) is 6.07 Å². The normalized spacial score (nSPS) is 10.0. The zero-order valence-electron chi connectivity index (χ0n) is 9.75. The van der Waals surface area contributed by atoms with Crippen molar-refractivity contribution in [2.75, 3.05) is 5.32 Å². The zero-order chi connectivity index (χ0) is 13.8. The molecule has 0 radical (unpaired) electrons. The molecule has 96 valence electrons. The molecule has 1 N–H and O–H groups in total. The van der Waals surface area contributed by atoms with Crippen LogP contribution in [0.4, 0.5) is 14.5 Å². The summed E-state index contributed by atoms with van der Waals surface area (Å²) >= 11 is 3.27. The lowest BCUT2D eigenvalue weighted by Gasteiger charge is -2.09. The Kier molecular flexibility index (Phi) is 4.13. The maximum atomic E-state index is 13.5. The summed E-state index contributed by atoms with van der Waals surface area (Å²) in [5, 5.41) is 11.9. The first-order valence-electron chi connectivity index (χ1n) is 5.48. The molecule has 2 aromatic carbocycles. The van der Waals surface area contributed by atoms with E-state index >= 15 is 0 Å². The number of nitriles is 1. The number of benzene rings is 2. The maximum absolute atomic E-state index is 13.5. The van der Waals surface area contributed by atoms with E-state index in [9.17, 15) is 8.78 Å². The molecule has 0 heterocycles. The van der Waals surface area contributed by atoms with E-state index in [1.54, 1.807) is 18.2 Å². The molecule has 2 aromatic rings. The van der Waals surface area contributed by atoms with E-state index in [-0.39, 0.29) is 12.1 Å². The number of nitrogens with one attached hydrogen (secondary N) is 1. The van der Waals surface area contributed by atoms with Crippen molar-refractivity contribution in [3.63, 3.8) is 0 Å². The molecule has 0 spiro atoms. The number of hydrogen-bond acceptors (Lipinski definition) is 2. The smallest absolute Gasteiger partial charge is 0.163 e. The van der Waals surface area contributed by atoms with Gasteiger partial charge in [0, 0.05) is 16.6 Å². The van der Waals surface area contributed by atoms with Gasteiger partial charge in [-0.05, 0) is 24.3 Å². The van der Waals surface area contributed by atoms with Crippen molar-refractivity contribution in [2.24, 2.45) is 0 Å². The monoisotopic (exact) mass is 322 g/mol. The molecule has 0 aromatic heterocycles. The molecule has 0 saturated carbocycles. The van der Waals surface area contributed by atoms with Gasteiger partial charge < -0.3 is 5.32 Å². The van der Waals surface area contributed by atoms with E-state index in [1.807, 2.05) is 6.07 Å². The van der Waals surface area contributed by atoms with Gasteiger partial charge in [0.15, 0.2) is 11.6 Å². The van der Waals surface area contributed by atoms with Crippen LogP contribution in [0, 0.1) is 23.0 Å².